The normalized spacial score (nSPS) is 16.3. The van der Waals surface area contributed by atoms with Crippen molar-refractivity contribution in [3.8, 4) is 0 Å². The molecule has 2 aliphatic rings. The molecule has 4 heteroatoms. The second-order valence-corrected chi connectivity index (χ2v) is 11.6. The number of ketones is 1. The van der Waals surface area contributed by atoms with E-state index in [1.807, 2.05) is 12.2 Å². The number of carbonyl (C=O) groups excluding carboxylic acids is 1. The lowest BCUT2D eigenvalue weighted by molar-refractivity contribution is -0.436. The van der Waals surface area contributed by atoms with Crippen LogP contribution in [0.1, 0.15) is 57.9 Å². The maximum Gasteiger partial charge on any atom is 0.214 e. The molecule has 0 radical (unpaired) electrons. The highest BCUT2D eigenvalue weighted by atomic mass is 16.3. The molecular formula is C38H37N2O2+. The first kappa shape index (κ1) is 26.5. The molecule has 1 aliphatic carbocycles. The van der Waals surface area contributed by atoms with Crippen molar-refractivity contribution in [2.24, 2.45) is 0 Å². The van der Waals surface area contributed by atoms with Gasteiger partial charge in [-0.1, -0.05) is 87.7 Å². The predicted molar refractivity (Wildman–Crippen MR) is 174 cm³/mol. The number of allylic oxidation sites excluding steroid dienone is 3. The summed E-state index contributed by atoms with van der Waals surface area (Å²) in [6.45, 7) is 6.19. The number of benzene rings is 4. The number of hydrogen-bond donors (Lipinski definition) is 1. The minimum atomic E-state index is -0.0965. The molecular weight excluding hydrogens is 516 g/mol. The van der Waals surface area contributed by atoms with Crippen molar-refractivity contribution in [2.45, 2.75) is 58.9 Å². The summed E-state index contributed by atoms with van der Waals surface area (Å²) in [5.41, 5.74) is 5.28. The van der Waals surface area contributed by atoms with E-state index in [-0.39, 0.29) is 11.5 Å². The van der Waals surface area contributed by atoms with Crippen molar-refractivity contribution in [1.82, 2.24) is 4.57 Å². The van der Waals surface area contributed by atoms with E-state index in [0.717, 1.165) is 73.6 Å². The molecule has 4 nitrogen and oxygen atoms in total. The maximum absolute atomic E-state index is 13.7. The van der Waals surface area contributed by atoms with E-state index in [0.29, 0.717) is 11.1 Å². The van der Waals surface area contributed by atoms with Crippen LogP contribution in [0.5, 0.6) is 0 Å². The van der Waals surface area contributed by atoms with Crippen molar-refractivity contribution in [3.05, 3.63) is 107 Å². The van der Waals surface area contributed by atoms with E-state index < -0.39 is 0 Å². The SMILES string of the molecule is CCCCCn1/c(=C/C2=C(O)C(=C\C3=[N+](CCCCC)c4cccc5cccc3c45)/C2=O)c2cccc3cccc1c32. The van der Waals surface area contributed by atoms with Crippen LogP contribution in [-0.2, 0) is 11.3 Å². The Morgan fingerprint density at radius 2 is 1.48 bits per heavy atom. The highest BCUT2D eigenvalue weighted by Crippen LogP contribution is 2.38. The monoisotopic (exact) mass is 553 g/mol. The zero-order valence-corrected chi connectivity index (χ0v) is 24.5. The first-order chi connectivity index (χ1) is 20.6. The zero-order chi connectivity index (χ0) is 28.8. The van der Waals surface area contributed by atoms with Gasteiger partial charge in [-0.3, -0.25) is 4.79 Å². The van der Waals surface area contributed by atoms with Gasteiger partial charge in [0.15, 0.2) is 0 Å². The third kappa shape index (κ3) is 4.12. The molecule has 0 saturated heterocycles. The number of unbranched alkanes of at least 4 members (excludes halogenated alkanes) is 4. The van der Waals surface area contributed by atoms with Crippen LogP contribution in [0, 0.1) is 0 Å². The third-order valence-electron chi connectivity index (χ3n) is 9.01. The molecule has 0 atom stereocenters. The van der Waals surface area contributed by atoms with Gasteiger partial charge in [0, 0.05) is 46.7 Å². The van der Waals surface area contributed by atoms with Crippen molar-refractivity contribution >= 4 is 55.7 Å². The molecule has 0 fully saturated rings. The first-order valence-electron chi connectivity index (χ1n) is 15.5. The highest BCUT2D eigenvalue weighted by molar-refractivity contribution is 6.29. The standard InChI is InChI=1S/C38H36N2O2/c1-3-5-7-21-39-31-19-11-15-25-13-9-17-27(35(25)31)33(39)23-29-37(41)30(38(29)42)24-34-28-18-10-14-26-16-12-20-32(36(26)28)40(34)22-8-6-4-2/h9-20,23-24H,3-8,21-22H2,1-2H3/p+1. The van der Waals surface area contributed by atoms with Crippen molar-refractivity contribution in [2.75, 3.05) is 6.54 Å². The van der Waals surface area contributed by atoms with Crippen molar-refractivity contribution in [3.63, 3.8) is 0 Å². The van der Waals surface area contributed by atoms with Gasteiger partial charge >= 0.3 is 0 Å². The number of aliphatic hydroxyl groups excluding tert-OH is 1. The number of aryl methyl sites for hydroxylation is 1. The Bertz CT molecular complexity index is 2030. The third-order valence-corrected chi connectivity index (χ3v) is 9.01. The van der Waals surface area contributed by atoms with Crippen LogP contribution in [0.3, 0.4) is 0 Å². The van der Waals surface area contributed by atoms with E-state index in [4.69, 9.17) is 0 Å². The number of aliphatic hydroxyl groups is 1. The Balaban J connectivity index is 1.36. The van der Waals surface area contributed by atoms with E-state index >= 15 is 0 Å². The summed E-state index contributed by atoms with van der Waals surface area (Å²) in [7, 11) is 0. The topological polar surface area (TPSA) is 45.2 Å². The molecule has 7 rings (SSSR count). The van der Waals surface area contributed by atoms with Gasteiger partial charge in [0.25, 0.3) is 0 Å². The van der Waals surface area contributed by atoms with Crippen LogP contribution in [0.2, 0.25) is 0 Å². The van der Waals surface area contributed by atoms with E-state index in [9.17, 15) is 9.90 Å². The fourth-order valence-electron chi connectivity index (χ4n) is 6.89. The molecule has 0 amide bonds. The van der Waals surface area contributed by atoms with Crippen LogP contribution in [0.25, 0.3) is 38.5 Å². The predicted octanol–water partition coefficient (Wildman–Crippen LogP) is 8.30. The molecule has 210 valence electrons. The number of carbonyl (C=O) groups is 1. The van der Waals surface area contributed by atoms with Crippen LogP contribution in [0.4, 0.5) is 5.69 Å². The van der Waals surface area contributed by atoms with E-state index in [1.54, 1.807) is 0 Å². The lowest BCUT2D eigenvalue weighted by Gasteiger charge is -2.18. The number of Topliss-reactive ketones (excluding diaryl/α,β-unsaturated/α-hetero) is 1. The van der Waals surface area contributed by atoms with Crippen LogP contribution < -0.4 is 5.35 Å². The lowest BCUT2D eigenvalue weighted by Crippen LogP contribution is -2.26. The summed E-state index contributed by atoms with van der Waals surface area (Å²) in [5.74, 6) is -0.00550. The van der Waals surface area contributed by atoms with Gasteiger partial charge in [0.1, 0.15) is 12.3 Å². The average molecular weight is 554 g/mol. The van der Waals surface area contributed by atoms with Gasteiger partial charge in [-0.25, -0.2) is 0 Å². The Kier molecular flexibility index (Phi) is 6.78. The Labute approximate surface area is 246 Å². The second-order valence-electron chi connectivity index (χ2n) is 11.6. The molecule has 4 aromatic carbocycles. The van der Waals surface area contributed by atoms with Crippen molar-refractivity contribution < 1.29 is 14.5 Å². The minimum absolute atomic E-state index is 0.0910. The fraction of sp³-hybridized carbons (Fsp3) is 0.263. The minimum Gasteiger partial charge on any atom is -0.506 e. The van der Waals surface area contributed by atoms with E-state index in [2.05, 4.69) is 95.8 Å². The molecule has 0 spiro atoms. The molecule has 1 aromatic heterocycles. The Morgan fingerprint density at radius 1 is 0.786 bits per heavy atom. The van der Waals surface area contributed by atoms with Crippen LogP contribution in [0.15, 0.2) is 95.8 Å². The van der Waals surface area contributed by atoms with Gasteiger partial charge < -0.3 is 9.67 Å². The van der Waals surface area contributed by atoms with Gasteiger partial charge in [0.05, 0.1) is 22.1 Å². The fourth-order valence-corrected chi connectivity index (χ4v) is 6.89. The molecule has 0 unspecified atom stereocenters. The number of hydrogen-bond acceptors (Lipinski definition) is 2. The first-order valence-corrected chi connectivity index (χ1v) is 15.5. The molecule has 0 bridgehead atoms. The smallest absolute Gasteiger partial charge is 0.214 e. The summed E-state index contributed by atoms with van der Waals surface area (Å²) >= 11 is 0. The molecule has 1 N–H and O–H groups in total. The summed E-state index contributed by atoms with van der Waals surface area (Å²) < 4.78 is 4.67. The number of nitrogens with zero attached hydrogens (tertiary/aromatic N) is 2. The molecule has 42 heavy (non-hydrogen) atoms. The second kappa shape index (κ2) is 10.8. The van der Waals surface area contributed by atoms with Gasteiger partial charge in [-0.05, 0) is 41.8 Å². The largest absolute Gasteiger partial charge is 0.506 e. The van der Waals surface area contributed by atoms with Gasteiger partial charge in [-0.15, -0.1) is 0 Å². The summed E-state index contributed by atoms with van der Waals surface area (Å²) in [6.07, 6.45) is 10.6. The Hall–Kier alpha value is -4.44. The summed E-state index contributed by atoms with van der Waals surface area (Å²) in [5, 5.41) is 18.3. The quantitative estimate of drug-likeness (QED) is 0.107. The molecule has 1 aliphatic heterocycles. The van der Waals surface area contributed by atoms with Crippen LogP contribution in [-0.4, -0.2) is 32.3 Å². The molecule has 5 aromatic rings. The maximum atomic E-state index is 13.7. The number of rotatable bonds is 10. The summed E-state index contributed by atoms with van der Waals surface area (Å²) in [4.78, 5) is 13.7. The zero-order valence-electron chi connectivity index (χ0n) is 24.5. The summed E-state index contributed by atoms with van der Waals surface area (Å²) in [6, 6.07) is 25.5. The van der Waals surface area contributed by atoms with E-state index in [1.165, 1.54) is 32.7 Å². The highest BCUT2D eigenvalue weighted by Gasteiger charge is 2.37. The molecule has 2 heterocycles. The number of aromatic nitrogens is 1. The van der Waals surface area contributed by atoms with Crippen LogP contribution >= 0.6 is 0 Å². The molecule has 0 saturated carbocycles. The lowest BCUT2D eigenvalue weighted by atomic mass is 9.86. The van der Waals surface area contributed by atoms with Crippen molar-refractivity contribution in [1.29, 1.82) is 0 Å². The van der Waals surface area contributed by atoms with Gasteiger partial charge in [-0.2, -0.15) is 4.58 Å². The van der Waals surface area contributed by atoms with Gasteiger partial charge in [0.2, 0.25) is 17.2 Å². The Morgan fingerprint density at radius 3 is 2.24 bits per heavy atom. The average Bonchev–Trinajstić information content (AvgIpc) is 3.49.